The fourth-order valence-corrected chi connectivity index (χ4v) is 6.44. The summed E-state index contributed by atoms with van der Waals surface area (Å²) in [7, 11) is -1.76. The molecule has 2 unspecified atom stereocenters. The highest BCUT2D eigenvalue weighted by atomic mass is 32.2. The molecule has 1 fully saturated rings. The van der Waals surface area contributed by atoms with Crippen LogP contribution in [-0.2, 0) is 16.0 Å². The van der Waals surface area contributed by atoms with Crippen LogP contribution in [0.3, 0.4) is 0 Å². The monoisotopic (exact) mass is 629 g/mol. The second-order valence-corrected chi connectivity index (χ2v) is 13.5. The number of benzene rings is 2. The molecule has 2 aromatic carbocycles. The molecule has 3 aliphatic rings. The van der Waals surface area contributed by atoms with E-state index in [-0.39, 0.29) is 23.6 Å². The Morgan fingerprint density at radius 1 is 1.05 bits per heavy atom. The van der Waals surface area contributed by atoms with E-state index in [4.69, 9.17) is 9.98 Å². The van der Waals surface area contributed by atoms with Gasteiger partial charge in [-0.15, -0.1) is 0 Å². The number of anilines is 1. The van der Waals surface area contributed by atoms with Gasteiger partial charge in [0.2, 0.25) is 0 Å². The largest absolute Gasteiger partial charge is 0.417 e. The Morgan fingerprint density at radius 2 is 1.73 bits per heavy atom. The topological polar surface area (TPSA) is 88.8 Å². The summed E-state index contributed by atoms with van der Waals surface area (Å²) in [6.45, 7) is 8.03. The molecule has 3 aliphatic heterocycles. The summed E-state index contributed by atoms with van der Waals surface area (Å²) in [6, 6.07) is 10.9. The van der Waals surface area contributed by atoms with Gasteiger partial charge >= 0.3 is 6.18 Å². The van der Waals surface area contributed by atoms with Crippen LogP contribution < -0.4 is 4.90 Å². The minimum Gasteiger partial charge on any atom is -0.369 e. The SMILES string of the molecule is CCC1CC=C2C=C(c3ccc(S(C)(=O)=O)cc3C(F)(F)F)C(O)N(CC)C2=NC1=Nc1ccc(N2CCN(C)CC2)cc1. The highest BCUT2D eigenvalue weighted by Crippen LogP contribution is 2.40. The van der Waals surface area contributed by atoms with Crippen molar-refractivity contribution in [3.05, 3.63) is 71.3 Å². The van der Waals surface area contributed by atoms with Crippen LogP contribution in [0.1, 0.15) is 37.8 Å². The number of allylic oxidation sites excluding steroid dienone is 1. The second-order valence-electron chi connectivity index (χ2n) is 11.4. The van der Waals surface area contributed by atoms with Gasteiger partial charge in [-0.2, -0.15) is 13.2 Å². The van der Waals surface area contributed by atoms with Crippen molar-refractivity contribution in [2.45, 2.75) is 44.0 Å². The van der Waals surface area contributed by atoms with Gasteiger partial charge in [-0.05, 0) is 74.9 Å². The average Bonchev–Trinajstić information content (AvgIpc) is 3.15. The van der Waals surface area contributed by atoms with E-state index in [9.17, 15) is 26.7 Å². The number of hydrogen-bond acceptors (Lipinski definition) is 7. The highest BCUT2D eigenvalue weighted by molar-refractivity contribution is 7.90. The van der Waals surface area contributed by atoms with Gasteiger partial charge in [-0.25, -0.2) is 18.4 Å². The third kappa shape index (κ3) is 6.62. The van der Waals surface area contributed by atoms with Crippen LogP contribution in [0.25, 0.3) is 5.57 Å². The number of aliphatic hydroxyl groups excluding tert-OH is 1. The molecule has 0 aliphatic carbocycles. The lowest BCUT2D eigenvalue weighted by molar-refractivity contribution is -0.138. The Balaban J connectivity index is 1.53. The van der Waals surface area contributed by atoms with Crippen LogP contribution in [0.2, 0.25) is 0 Å². The molecule has 0 saturated carbocycles. The number of alkyl halides is 3. The fourth-order valence-electron chi connectivity index (χ4n) is 5.79. The van der Waals surface area contributed by atoms with Gasteiger partial charge in [0, 0.05) is 61.7 Å². The maximum absolute atomic E-state index is 14.2. The molecular weight excluding hydrogens is 591 g/mol. The summed E-state index contributed by atoms with van der Waals surface area (Å²) >= 11 is 0. The standard InChI is InChI=1S/C32H38F3N5O3S/c1-5-21-7-8-22-19-27(26-14-13-25(44(4,42)43)20-28(26)32(33,34)35)31(41)40(6-2)30(22)37-29(21)36-23-9-11-24(12-10-23)39-17-15-38(3)16-18-39/h8-14,19-21,31,41H,5-7,15-18H2,1-4H3. The first-order chi connectivity index (χ1) is 20.8. The van der Waals surface area contributed by atoms with Crippen molar-refractivity contribution in [2.75, 3.05) is 50.9 Å². The third-order valence-corrected chi connectivity index (χ3v) is 9.56. The maximum Gasteiger partial charge on any atom is 0.417 e. The zero-order valence-electron chi connectivity index (χ0n) is 25.3. The van der Waals surface area contributed by atoms with Gasteiger partial charge < -0.3 is 19.8 Å². The lowest BCUT2D eigenvalue weighted by Gasteiger charge is -2.36. The highest BCUT2D eigenvalue weighted by Gasteiger charge is 2.39. The number of hydrogen-bond donors (Lipinski definition) is 1. The Hall–Kier alpha value is -3.48. The van der Waals surface area contributed by atoms with Crippen LogP contribution in [-0.4, -0.2) is 87.3 Å². The number of halogens is 3. The van der Waals surface area contributed by atoms with Crippen LogP contribution in [0.4, 0.5) is 24.5 Å². The van der Waals surface area contributed by atoms with Crippen molar-refractivity contribution in [1.29, 1.82) is 0 Å². The molecule has 236 valence electrons. The van der Waals surface area contributed by atoms with E-state index < -0.39 is 32.7 Å². The van der Waals surface area contributed by atoms with Crippen molar-refractivity contribution in [3.63, 3.8) is 0 Å². The molecule has 2 atom stereocenters. The number of likely N-dealkylation sites (N-methyl/N-ethyl adjacent to an activating group) is 2. The molecule has 44 heavy (non-hydrogen) atoms. The van der Waals surface area contributed by atoms with E-state index in [0.29, 0.717) is 29.7 Å². The first kappa shape index (κ1) is 31.9. The zero-order valence-corrected chi connectivity index (χ0v) is 26.2. The van der Waals surface area contributed by atoms with E-state index in [0.717, 1.165) is 62.4 Å². The Bertz CT molecular complexity index is 1620. The molecule has 12 heteroatoms. The molecule has 8 nitrogen and oxygen atoms in total. The number of piperazine rings is 1. The minimum atomic E-state index is -4.84. The molecule has 1 saturated heterocycles. The number of fused-ring (bicyclic) bond motifs is 1. The predicted octanol–water partition coefficient (Wildman–Crippen LogP) is 5.38. The number of amidine groups is 2. The number of nitrogens with zero attached hydrogens (tertiary/aromatic N) is 5. The van der Waals surface area contributed by atoms with Gasteiger partial charge in [-0.3, -0.25) is 0 Å². The predicted molar refractivity (Wildman–Crippen MR) is 168 cm³/mol. The number of aliphatic imine (C=N–C) groups is 2. The summed E-state index contributed by atoms with van der Waals surface area (Å²) in [5, 5.41) is 11.4. The summed E-state index contributed by atoms with van der Waals surface area (Å²) in [6.07, 6.45) is -0.654. The normalized spacial score (nSPS) is 22.7. The molecule has 0 bridgehead atoms. The molecular formula is C32H38F3N5O3S. The first-order valence-corrected chi connectivity index (χ1v) is 16.7. The van der Waals surface area contributed by atoms with E-state index in [1.54, 1.807) is 11.8 Å². The van der Waals surface area contributed by atoms with Crippen molar-refractivity contribution in [2.24, 2.45) is 15.9 Å². The fraction of sp³-hybridized carbons (Fsp3) is 0.438. The van der Waals surface area contributed by atoms with E-state index in [1.165, 1.54) is 6.08 Å². The smallest absolute Gasteiger partial charge is 0.369 e. The third-order valence-electron chi connectivity index (χ3n) is 8.45. The van der Waals surface area contributed by atoms with Gasteiger partial charge in [-0.1, -0.05) is 19.1 Å². The molecule has 2 aromatic rings. The Labute approximate surface area is 256 Å². The van der Waals surface area contributed by atoms with Crippen LogP contribution >= 0.6 is 0 Å². The van der Waals surface area contributed by atoms with E-state index in [1.807, 2.05) is 25.1 Å². The zero-order chi connectivity index (χ0) is 31.8. The molecule has 1 N–H and O–H groups in total. The van der Waals surface area contributed by atoms with Gasteiger partial charge in [0.05, 0.1) is 16.1 Å². The lowest BCUT2D eigenvalue weighted by atomic mass is 9.91. The van der Waals surface area contributed by atoms with Crippen LogP contribution in [0.5, 0.6) is 0 Å². The first-order valence-electron chi connectivity index (χ1n) is 14.8. The maximum atomic E-state index is 14.2. The quantitative estimate of drug-likeness (QED) is 0.462. The van der Waals surface area contributed by atoms with Gasteiger partial charge in [0.1, 0.15) is 11.7 Å². The Morgan fingerprint density at radius 3 is 2.32 bits per heavy atom. The molecule has 0 aromatic heterocycles. The summed E-state index contributed by atoms with van der Waals surface area (Å²) in [4.78, 5) is 15.6. The molecule has 0 radical (unpaired) electrons. The Kier molecular flexibility index (Phi) is 9.06. The number of aliphatic hydroxyl groups is 1. The lowest BCUT2D eigenvalue weighted by Crippen LogP contribution is -2.44. The van der Waals surface area contributed by atoms with Crippen molar-refractivity contribution < 1.29 is 26.7 Å². The van der Waals surface area contributed by atoms with Gasteiger partial charge in [0.25, 0.3) is 0 Å². The summed E-state index contributed by atoms with van der Waals surface area (Å²) in [5.41, 5.74) is 1.10. The van der Waals surface area contributed by atoms with Gasteiger partial charge in [0.15, 0.2) is 16.1 Å². The molecule has 0 spiro atoms. The van der Waals surface area contributed by atoms with E-state index >= 15 is 0 Å². The average molecular weight is 630 g/mol. The van der Waals surface area contributed by atoms with E-state index in [2.05, 4.69) is 29.0 Å². The van der Waals surface area contributed by atoms with Crippen LogP contribution in [0, 0.1) is 5.92 Å². The summed E-state index contributed by atoms with van der Waals surface area (Å²) < 4.78 is 66.7. The van der Waals surface area contributed by atoms with Crippen LogP contribution in [0.15, 0.2) is 75.1 Å². The number of sulfone groups is 1. The molecule has 0 amide bonds. The molecule has 3 heterocycles. The van der Waals surface area contributed by atoms with Crippen molar-refractivity contribution in [3.8, 4) is 0 Å². The van der Waals surface area contributed by atoms with Crippen molar-refractivity contribution >= 4 is 38.5 Å². The van der Waals surface area contributed by atoms with Crippen molar-refractivity contribution in [1.82, 2.24) is 9.80 Å². The molecule has 5 rings (SSSR count). The summed E-state index contributed by atoms with van der Waals surface area (Å²) in [5.74, 6) is 0.997. The minimum absolute atomic E-state index is 0.0253. The second kappa shape index (κ2) is 12.5. The number of rotatable bonds is 6.